The van der Waals surface area contributed by atoms with Crippen LogP contribution in [0.3, 0.4) is 0 Å². The fraction of sp³-hybridized carbons (Fsp3) is 0. The normalized spacial score (nSPS) is 10.1. The van der Waals surface area contributed by atoms with Gasteiger partial charge in [0, 0.05) is 16.5 Å². The minimum absolute atomic E-state index is 0.455. The minimum Gasteiger partial charge on any atom is -0.331 e. The Morgan fingerprint density at radius 1 is 0.952 bits per heavy atom. The van der Waals surface area contributed by atoms with Crippen molar-refractivity contribution in [3.05, 3.63) is 60.8 Å². The zero-order valence-electron chi connectivity index (χ0n) is 11.1. The number of rotatable bonds is 3. The lowest BCUT2D eigenvalue weighted by molar-refractivity contribution is 1.01. The zero-order chi connectivity index (χ0) is 14.5. The maximum Gasteiger partial charge on any atom is 0.189 e. The highest BCUT2D eigenvalue weighted by Crippen LogP contribution is 2.18. The second kappa shape index (κ2) is 6.15. The topological polar surface area (TPSA) is 61.9 Å². The molecule has 0 aliphatic heterocycles. The molecular formula is C15H13N5S. The van der Waals surface area contributed by atoms with Crippen LogP contribution in [0.1, 0.15) is 0 Å². The van der Waals surface area contributed by atoms with Crippen LogP contribution < -0.4 is 16.2 Å². The van der Waals surface area contributed by atoms with Crippen molar-refractivity contribution < 1.29 is 0 Å². The molecule has 1 heterocycles. The highest BCUT2D eigenvalue weighted by Gasteiger charge is 2.03. The quantitative estimate of drug-likeness (QED) is 0.510. The lowest BCUT2D eigenvalue weighted by Gasteiger charge is -2.12. The number of nitrogens with one attached hydrogen (secondary N) is 3. The molecule has 0 bridgehead atoms. The molecule has 2 aromatic carbocycles. The molecule has 3 aromatic rings. The molecule has 5 nitrogen and oxygen atoms in total. The van der Waals surface area contributed by atoms with Crippen molar-refractivity contribution in [1.29, 1.82) is 0 Å². The predicted molar refractivity (Wildman–Crippen MR) is 89.0 cm³/mol. The van der Waals surface area contributed by atoms with Crippen LogP contribution in [-0.2, 0) is 0 Å². The molecule has 0 fully saturated rings. The van der Waals surface area contributed by atoms with Gasteiger partial charge in [-0.1, -0.05) is 42.5 Å². The van der Waals surface area contributed by atoms with Crippen LogP contribution in [0.2, 0.25) is 0 Å². The third-order valence-corrected chi connectivity index (χ3v) is 3.10. The molecule has 0 radical (unpaired) electrons. The zero-order valence-corrected chi connectivity index (χ0v) is 11.9. The summed E-state index contributed by atoms with van der Waals surface area (Å²) < 4.78 is 0. The van der Waals surface area contributed by atoms with E-state index in [1.165, 1.54) is 0 Å². The van der Waals surface area contributed by atoms with Crippen molar-refractivity contribution in [1.82, 2.24) is 15.6 Å². The van der Waals surface area contributed by atoms with Gasteiger partial charge in [-0.3, -0.25) is 10.9 Å². The number of para-hydroxylation sites is 1. The fourth-order valence-electron chi connectivity index (χ4n) is 1.92. The number of nitrogens with zero attached hydrogens (tertiary/aromatic N) is 2. The predicted octanol–water partition coefficient (Wildman–Crippen LogP) is 2.94. The molecule has 0 unspecified atom stereocenters. The summed E-state index contributed by atoms with van der Waals surface area (Å²) in [6.07, 6.45) is 1.72. The van der Waals surface area contributed by atoms with E-state index in [1.54, 1.807) is 6.20 Å². The van der Waals surface area contributed by atoms with E-state index >= 15 is 0 Å². The van der Waals surface area contributed by atoms with Gasteiger partial charge < -0.3 is 5.32 Å². The number of hydrogen-bond donors (Lipinski definition) is 3. The van der Waals surface area contributed by atoms with E-state index in [4.69, 9.17) is 12.2 Å². The second-order valence-electron chi connectivity index (χ2n) is 4.35. The van der Waals surface area contributed by atoms with E-state index in [2.05, 4.69) is 26.4 Å². The average molecular weight is 295 g/mol. The Bertz CT molecular complexity index is 755. The second-order valence-corrected chi connectivity index (χ2v) is 4.76. The van der Waals surface area contributed by atoms with Crippen LogP contribution in [0.4, 0.5) is 11.5 Å². The molecule has 0 amide bonds. The van der Waals surface area contributed by atoms with E-state index in [1.807, 2.05) is 54.6 Å². The van der Waals surface area contributed by atoms with Gasteiger partial charge in [-0.15, -0.1) is 5.10 Å². The molecule has 6 heteroatoms. The van der Waals surface area contributed by atoms with Crippen LogP contribution in [0.5, 0.6) is 0 Å². The van der Waals surface area contributed by atoms with Gasteiger partial charge in [0.1, 0.15) is 0 Å². The molecule has 0 atom stereocenters. The lowest BCUT2D eigenvalue weighted by Crippen LogP contribution is -2.33. The van der Waals surface area contributed by atoms with Crippen molar-refractivity contribution in [2.45, 2.75) is 0 Å². The number of fused-ring (bicyclic) bond motifs is 1. The number of thiocarbonyl (C=S) groups is 1. The summed E-state index contributed by atoms with van der Waals surface area (Å²) in [5.41, 5.74) is 6.81. The fourth-order valence-corrected chi connectivity index (χ4v) is 2.09. The number of benzene rings is 2. The van der Waals surface area contributed by atoms with Crippen LogP contribution >= 0.6 is 12.2 Å². The first-order valence-corrected chi connectivity index (χ1v) is 6.82. The standard InChI is InChI=1S/C15H13N5S/c21-15(17-12-7-2-1-3-8-12)20-19-14-13-9-5-4-6-11(13)10-16-18-14/h1-10H,(H,18,19)(H2,17,20,21). The summed E-state index contributed by atoms with van der Waals surface area (Å²) in [6.45, 7) is 0. The molecule has 0 aliphatic rings. The van der Waals surface area contributed by atoms with Crippen molar-refractivity contribution in [2.75, 3.05) is 10.7 Å². The summed E-state index contributed by atoms with van der Waals surface area (Å²) in [5, 5.41) is 13.5. The summed E-state index contributed by atoms with van der Waals surface area (Å²) >= 11 is 5.22. The van der Waals surface area contributed by atoms with Gasteiger partial charge in [0.25, 0.3) is 0 Å². The monoisotopic (exact) mass is 295 g/mol. The average Bonchev–Trinajstić information content (AvgIpc) is 2.54. The minimum atomic E-state index is 0.455. The van der Waals surface area contributed by atoms with Gasteiger partial charge >= 0.3 is 0 Å². The van der Waals surface area contributed by atoms with E-state index in [0.717, 1.165) is 16.5 Å². The van der Waals surface area contributed by atoms with Crippen molar-refractivity contribution in [3.8, 4) is 0 Å². The molecule has 0 aliphatic carbocycles. The Kier molecular flexibility index (Phi) is 3.88. The molecule has 0 saturated heterocycles. The molecule has 3 rings (SSSR count). The van der Waals surface area contributed by atoms with E-state index in [9.17, 15) is 0 Å². The smallest absolute Gasteiger partial charge is 0.189 e. The SMILES string of the molecule is S=C(NNc1nncc2ccccc12)Nc1ccccc1. The van der Waals surface area contributed by atoms with Gasteiger partial charge in [0.2, 0.25) is 0 Å². The third-order valence-electron chi connectivity index (χ3n) is 2.90. The Morgan fingerprint density at radius 3 is 2.57 bits per heavy atom. The lowest BCUT2D eigenvalue weighted by atomic mass is 10.2. The van der Waals surface area contributed by atoms with Crippen LogP contribution in [0.15, 0.2) is 60.8 Å². The Balaban J connectivity index is 1.68. The Hall–Kier alpha value is -2.73. The third kappa shape index (κ3) is 3.24. The number of hydrazine groups is 1. The Labute approximate surface area is 127 Å². The highest BCUT2D eigenvalue weighted by atomic mass is 32.1. The van der Waals surface area contributed by atoms with E-state index < -0.39 is 0 Å². The van der Waals surface area contributed by atoms with Crippen LogP contribution in [0, 0.1) is 0 Å². The van der Waals surface area contributed by atoms with E-state index in [-0.39, 0.29) is 0 Å². The molecule has 0 saturated carbocycles. The summed E-state index contributed by atoms with van der Waals surface area (Å²) in [4.78, 5) is 0. The first-order chi connectivity index (χ1) is 10.3. The van der Waals surface area contributed by atoms with Crippen molar-refractivity contribution >= 4 is 39.6 Å². The first kappa shape index (κ1) is 13.3. The van der Waals surface area contributed by atoms with E-state index in [0.29, 0.717) is 10.9 Å². The molecule has 1 aromatic heterocycles. The molecule has 0 spiro atoms. The highest BCUT2D eigenvalue weighted by molar-refractivity contribution is 7.80. The maximum absolute atomic E-state index is 5.22. The summed E-state index contributed by atoms with van der Waals surface area (Å²) in [5.74, 6) is 0.630. The summed E-state index contributed by atoms with van der Waals surface area (Å²) in [6, 6.07) is 17.6. The molecule has 104 valence electrons. The number of aromatic nitrogens is 2. The molecule has 3 N–H and O–H groups in total. The summed E-state index contributed by atoms with van der Waals surface area (Å²) in [7, 11) is 0. The van der Waals surface area contributed by atoms with Gasteiger partial charge in [0.05, 0.1) is 6.20 Å². The molecule has 21 heavy (non-hydrogen) atoms. The number of anilines is 2. The maximum atomic E-state index is 5.22. The van der Waals surface area contributed by atoms with Gasteiger partial charge in [-0.05, 0) is 24.4 Å². The number of hydrogen-bond acceptors (Lipinski definition) is 4. The largest absolute Gasteiger partial charge is 0.331 e. The van der Waals surface area contributed by atoms with Crippen molar-refractivity contribution in [3.63, 3.8) is 0 Å². The first-order valence-electron chi connectivity index (χ1n) is 6.41. The van der Waals surface area contributed by atoms with Gasteiger partial charge in [-0.25, -0.2) is 0 Å². The van der Waals surface area contributed by atoms with Gasteiger partial charge in [-0.2, -0.15) is 5.10 Å². The molecular weight excluding hydrogens is 282 g/mol. The van der Waals surface area contributed by atoms with Crippen molar-refractivity contribution in [2.24, 2.45) is 0 Å². The Morgan fingerprint density at radius 2 is 1.71 bits per heavy atom. The van der Waals surface area contributed by atoms with Crippen LogP contribution in [-0.4, -0.2) is 15.3 Å². The van der Waals surface area contributed by atoms with Crippen LogP contribution in [0.25, 0.3) is 10.8 Å². The van der Waals surface area contributed by atoms with Gasteiger partial charge in [0.15, 0.2) is 10.9 Å².